The fourth-order valence-electron chi connectivity index (χ4n) is 2.79. The molecule has 0 saturated heterocycles. The molecule has 1 atom stereocenters. The van der Waals surface area contributed by atoms with Crippen molar-refractivity contribution < 1.29 is 19.1 Å². The van der Waals surface area contributed by atoms with E-state index in [0.717, 1.165) is 10.9 Å². The number of aromatic nitrogens is 1. The van der Waals surface area contributed by atoms with Gasteiger partial charge in [-0.3, -0.25) is 14.4 Å². The lowest BCUT2D eigenvalue weighted by Gasteiger charge is -2.11. The predicted molar refractivity (Wildman–Crippen MR) is 98.2 cm³/mol. The molecule has 0 aliphatic carbocycles. The molecule has 0 spiro atoms. The van der Waals surface area contributed by atoms with Crippen molar-refractivity contribution in [2.75, 3.05) is 0 Å². The highest BCUT2D eigenvalue weighted by Crippen LogP contribution is 2.20. The number of hydrogen-bond acceptors (Lipinski definition) is 4. The molecule has 0 aliphatic rings. The first kappa shape index (κ1) is 17.6. The summed E-state index contributed by atoms with van der Waals surface area (Å²) in [4.78, 5) is 39.6. The summed E-state index contributed by atoms with van der Waals surface area (Å²) in [6.45, 7) is 1.54. The molecule has 5 nitrogen and oxygen atoms in total. The van der Waals surface area contributed by atoms with E-state index in [1.54, 1.807) is 37.4 Å². The van der Waals surface area contributed by atoms with Gasteiger partial charge >= 0.3 is 5.97 Å². The molecule has 1 N–H and O–H groups in total. The second-order valence-electron chi connectivity index (χ2n) is 6.03. The van der Waals surface area contributed by atoms with Crippen molar-refractivity contribution >= 4 is 28.4 Å². The van der Waals surface area contributed by atoms with Crippen molar-refractivity contribution in [3.63, 3.8) is 0 Å². The molecule has 0 bridgehead atoms. The van der Waals surface area contributed by atoms with Crippen LogP contribution in [0.25, 0.3) is 10.9 Å². The number of nitrogens with one attached hydrogen (secondary N) is 1. The largest absolute Gasteiger partial charge is 0.454 e. The number of carbonyl (C=O) groups excluding carboxylic acids is 3. The van der Waals surface area contributed by atoms with Crippen molar-refractivity contribution in [1.82, 2.24) is 4.98 Å². The third-order valence-electron chi connectivity index (χ3n) is 4.18. The molecule has 3 rings (SSSR count). The SMILES string of the molecule is C[C@@H](OC(=O)CCC(=O)c1ccccc1)C(=O)c1c[nH]c2ccccc12. The molecule has 26 heavy (non-hydrogen) atoms. The summed E-state index contributed by atoms with van der Waals surface area (Å²) in [7, 11) is 0. The molecular formula is C21H19NO4. The minimum atomic E-state index is -0.909. The highest BCUT2D eigenvalue weighted by Gasteiger charge is 2.22. The molecule has 3 aromatic rings. The first-order valence-corrected chi connectivity index (χ1v) is 8.44. The normalized spacial score (nSPS) is 11.9. The van der Waals surface area contributed by atoms with Crippen LogP contribution in [0.2, 0.25) is 0 Å². The van der Waals surface area contributed by atoms with Crippen molar-refractivity contribution in [2.45, 2.75) is 25.9 Å². The predicted octanol–water partition coefficient (Wildman–Crippen LogP) is 3.95. The van der Waals surface area contributed by atoms with Gasteiger partial charge in [0.1, 0.15) is 0 Å². The number of rotatable bonds is 7. The van der Waals surface area contributed by atoms with Gasteiger partial charge in [-0.1, -0.05) is 48.5 Å². The maximum atomic E-state index is 12.6. The quantitative estimate of drug-likeness (QED) is 0.518. The summed E-state index contributed by atoms with van der Waals surface area (Å²) in [5.41, 5.74) is 1.90. The Morgan fingerprint density at radius 3 is 2.42 bits per heavy atom. The van der Waals surface area contributed by atoms with Gasteiger partial charge in [-0.05, 0) is 13.0 Å². The Hall–Kier alpha value is -3.21. The smallest absolute Gasteiger partial charge is 0.306 e. The third kappa shape index (κ3) is 3.88. The Labute approximate surface area is 151 Å². The summed E-state index contributed by atoms with van der Waals surface area (Å²) in [6.07, 6.45) is 0.709. The summed E-state index contributed by atoms with van der Waals surface area (Å²) < 4.78 is 5.22. The number of aromatic amines is 1. The monoisotopic (exact) mass is 349 g/mol. The first-order chi connectivity index (χ1) is 12.6. The number of Topliss-reactive ketones (excluding diaryl/α,β-unsaturated/α-hetero) is 2. The molecule has 0 amide bonds. The van der Waals surface area contributed by atoms with Gasteiger partial charge in [0.25, 0.3) is 0 Å². The van der Waals surface area contributed by atoms with Crippen LogP contribution in [0.3, 0.4) is 0 Å². The first-order valence-electron chi connectivity index (χ1n) is 8.44. The standard InChI is InChI=1S/C21H19NO4/c1-14(21(25)17-13-22-18-10-6-5-9-16(17)18)26-20(24)12-11-19(23)15-7-3-2-4-8-15/h2-10,13-14,22H,11-12H2,1H3/t14-/m1/s1. The van der Waals surface area contributed by atoms with E-state index in [1.807, 2.05) is 30.3 Å². The fourth-order valence-corrected chi connectivity index (χ4v) is 2.79. The molecule has 1 aromatic heterocycles. The van der Waals surface area contributed by atoms with Gasteiger partial charge in [-0.15, -0.1) is 0 Å². The Morgan fingerprint density at radius 2 is 1.65 bits per heavy atom. The summed E-state index contributed by atoms with van der Waals surface area (Å²) >= 11 is 0. The molecule has 0 saturated carbocycles. The fraction of sp³-hybridized carbons (Fsp3) is 0.190. The van der Waals surface area contributed by atoms with E-state index in [2.05, 4.69) is 4.98 Å². The van der Waals surface area contributed by atoms with Crippen LogP contribution in [0.1, 0.15) is 40.5 Å². The Morgan fingerprint density at radius 1 is 0.962 bits per heavy atom. The Kier molecular flexibility index (Phi) is 5.27. The Bertz CT molecular complexity index is 943. The average Bonchev–Trinajstić information content (AvgIpc) is 3.10. The molecule has 0 aliphatic heterocycles. The molecule has 132 valence electrons. The Balaban J connectivity index is 1.57. The molecule has 0 radical (unpaired) electrons. The zero-order valence-electron chi connectivity index (χ0n) is 14.4. The van der Waals surface area contributed by atoms with E-state index in [0.29, 0.717) is 11.1 Å². The van der Waals surface area contributed by atoms with Gasteiger partial charge in [-0.2, -0.15) is 0 Å². The number of carbonyl (C=O) groups is 3. The van der Waals surface area contributed by atoms with Crippen LogP contribution in [0.4, 0.5) is 0 Å². The number of para-hydroxylation sites is 1. The highest BCUT2D eigenvalue weighted by atomic mass is 16.5. The van der Waals surface area contributed by atoms with Crippen LogP contribution in [-0.2, 0) is 9.53 Å². The van der Waals surface area contributed by atoms with E-state index < -0.39 is 12.1 Å². The molecular weight excluding hydrogens is 330 g/mol. The zero-order valence-corrected chi connectivity index (χ0v) is 14.4. The van der Waals surface area contributed by atoms with Crippen molar-refractivity contribution in [3.8, 4) is 0 Å². The molecule has 0 fully saturated rings. The van der Waals surface area contributed by atoms with E-state index in [9.17, 15) is 14.4 Å². The third-order valence-corrected chi connectivity index (χ3v) is 4.18. The van der Waals surface area contributed by atoms with E-state index >= 15 is 0 Å². The van der Waals surface area contributed by atoms with E-state index in [1.165, 1.54) is 0 Å². The minimum absolute atomic E-state index is 0.0524. The van der Waals surface area contributed by atoms with Crippen LogP contribution in [-0.4, -0.2) is 28.6 Å². The van der Waals surface area contributed by atoms with Crippen LogP contribution in [0.5, 0.6) is 0 Å². The number of H-pyrrole nitrogens is 1. The second-order valence-corrected chi connectivity index (χ2v) is 6.03. The van der Waals surface area contributed by atoms with Crippen LogP contribution in [0, 0.1) is 0 Å². The highest BCUT2D eigenvalue weighted by molar-refractivity contribution is 6.10. The van der Waals surface area contributed by atoms with Crippen LogP contribution < -0.4 is 0 Å². The van der Waals surface area contributed by atoms with Gasteiger partial charge in [0, 0.05) is 34.6 Å². The summed E-state index contributed by atoms with van der Waals surface area (Å²) in [6, 6.07) is 16.2. The lowest BCUT2D eigenvalue weighted by atomic mass is 10.1. The lowest BCUT2D eigenvalue weighted by molar-refractivity contribution is -0.146. The number of hydrogen-bond donors (Lipinski definition) is 1. The molecule has 0 unspecified atom stereocenters. The average molecular weight is 349 g/mol. The zero-order chi connectivity index (χ0) is 18.5. The summed E-state index contributed by atoms with van der Waals surface area (Å²) in [5.74, 6) is -0.960. The van der Waals surface area contributed by atoms with Gasteiger partial charge in [0.2, 0.25) is 5.78 Å². The van der Waals surface area contributed by atoms with Gasteiger partial charge < -0.3 is 9.72 Å². The second kappa shape index (κ2) is 7.78. The van der Waals surface area contributed by atoms with Crippen molar-refractivity contribution in [1.29, 1.82) is 0 Å². The maximum Gasteiger partial charge on any atom is 0.306 e. The number of fused-ring (bicyclic) bond motifs is 1. The minimum Gasteiger partial charge on any atom is -0.454 e. The number of esters is 1. The van der Waals surface area contributed by atoms with Gasteiger partial charge in [-0.25, -0.2) is 0 Å². The number of ether oxygens (including phenoxy) is 1. The molecule has 2 aromatic carbocycles. The van der Waals surface area contributed by atoms with Gasteiger partial charge in [0.15, 0.2) is 11.9 Å². The number of benzene rings is 2. The summed E-state index contributed by atoms with van der Waals surface area (Å²) in [5, 5.41) is 0.791. The van der Waals surface area contributed by atoms with E-state index in [4.69, 9.17) is 4.74 Å². The lowest BCUT2D eigenvalue weighted by Crippen LogP contribution is -2.24. The molecule has 1 heterocycles. The number of ketones is 2. The van der Waals surface area contributed by atoms with Crippen LogP contribution in [0.15, 0.2) is 60.8 Å². The van der Waals surface area contributed by atoms with Gasteiger partial charge in [0.05, 0.1) is 6.42 Å². The topological polar surface area (TPSA) is 76.2 Å². The van der Waals surface area contributed by atoms with E-state index in [-0.39, 0.29) is 24.4 Å². The molecule has 5 heteroatoms. The maximum absolute atomic E-state index is 12.6. The van der Waals surface area contributed by atoms with Crippen molar-refractivity contribution in [2.24, 2.45) is 0 Å². The van der Waals surface area contributed by atoms with Crippen molar-refractivity contribution in [3.05, 3.63) is 71.9 Å². The van der Waals surface area contributed by atoms with Crippen LogP contribution >= 0.6 is 0 Å².